The standard InChI is InChI=1S/C22H23NO8/c1-5-8-12-19-13(15(23-27-4)10-17(30-19)21(25)28-6-2)9-14-16(24)11-18(31-20(12)14)22(26)29-7-3/h9-11H,5-8H2,1-4H3/b23-15-. The molecule has 0 saturated heterocycles. The van der Waals surface area contributed by atoms with Crippen LogP contribution in [0.4, 0.5) is 0 Å². The van der Waals surface area contributed by atoms with Crippen molar-refractivity contribution in [2.24, 2.45) is 5.16 Å². The summed E-state index contributed by atoms with van der Waals surface area (Å²) in [6, 6.07) is 4.03. The third kappa shape index (κ3) is 4.30. The normalized spacial score (nSPS) is 11.7. The monoisotopic (exact) mass is 429 g/mol. The molecule has 3 aromatic rings. The van der Waals surface area contributed by atoms with Gasteiger partial charge in [0.05, 0.1) is 18.6 Å². The lowest BCUT2D eigenvalue weighted by Gasteiger charge is -2.11. The molecule has 2 aromatic heterocycles. The lowest BCUT2D eigenvalue weighted by atomic mass is 10.0. The minimum atomic E-state index is -0.740. The summed E-state index contributed by atoms with van der Waals surface area (Å²) in [5.41, 5.74) is 0.594. The maximum absolute atomic E-state index is 12.8. The van der Waals surface area contributed by atoms with Crippen LogP contribution in [0.3, 0.4) is 0 Å². The van der Waals surface area contributed by atoms with Crippen molar-refractivity contribution in [3.63, 3.8) is 0 Å². The fourth-order valence-electron chi connectivity index (χ4n) is 3.24. The number of hydrogen-bond donors (Lipinski definition) is 0. The third-order valence-electron chi connectivity index (χ3n) is 4.46. The van der Waals surface area contributed by atoms with E-state index < -0.39 is 17.4 Å². The summed E-state index contributed by atoms with van der Waals surface area (Å²) >= 11 is 0. The number of carbonyl (C=O) groups excluding carboxylic acids is 2. The van der Waals surface area contributed by atoms with E-state index in [1.54, 1.807) is 19.9 Å². The lowest BCUT2D eigenvalue weighted by Crippen LogP contribution is -2.14. The van der Waals surface area contributed by atoms with Gasteiger partial charge in [-0.05, 0) is 26.3 Å². The summed E-state index contributed by atoms with van der Waals surface area (Å²) in [5.74, 6) is -1.69. The molecule has 9 nitrogen and oxygen atoms in total. The maximum Gasteiger partial charge on any atom is 0.374 e. The van der Waals surface area contributed by atoms with Gasteiger partial charge in [-0.1, -0.05) is 18.5 Å². The van der Waals surface area contributed by atoms with Crippen LogP contribution in [0.5, 0.6) is 0 Å². The molecule has 0 aliphatic rings. The molecule has 0 saturated carbocycles. The van der Waals surface area contributed by atoms with E-state index in [0.29, 0.717) is 34.7 Å². The van der Waals surface area contributed by atoms with Crippen LogP contribution in [0.15, 0.2) is 37.0 Å². The van der Waals surface area contributed by atoms with Crippen molar-refractivity contribution in [3.8, 4) is 0 Å². The van der Waals surface area contributed by atoms with E-state index in [2.05, 4.69) is 5.16 Å². The molecule has 0 atom stereocenters. The van der Waals surface area contributed by atoms with Crippen molar-refractivity contribution in [1.29, 1.82) is 0 Å². The molecule has 0 aliphatic carbocycles. The van der Waals surface area contributed by atoms with Crippen LogP contribution < -0.4 is 10.8 Å². The van der Waals surface area contributed by atoms with Crippen molar-refractivity contribution in [2.45, 2.75) is 33.6 Å². The lowest BCUT2D eigenvalue weighted by molar-refractivity contribution is 0.0482. The number of hydrogen-bond acceptors (Lipinski definition) is 9. The minimum Gasteiger partial charge on any atom is -0.460 e. The molecular weight excluding hydrogens is 406 g/mol. The van der Waals surface area contributed by atoms with Crippen LogP contribution in [0, 0.1) is 0 Å². The second-order valence-electron chi connectivity index (χ2n) is 6.54. The summed E-state index contributed by atoms with van der Waals surface area (Å²) in [7, 11) is 1.37. The first-order valence-corrected chi connectivity index (χ1v) is 9.94. The number of carbonyl (C=O) groups is 2. The number of rotatable bonds is 7. The van der Waals surface area contributed by atoms with Gasteiger partial charge in [0.2, 0.25) is 11.5 Å². The Hall–Kier alpha value is -3.62. The Balaban J connectivity index is 2.46. The van der Waals surface area contributed by atoms with Gasteiger partial charge >= 0.3 is 11.9 Å². The smallest absolute Gasteiger partial charge is 0.374 e. The molecule has 0 aliphatic heterocycles. The Kier molecular flexibility index (Phi) is 6.74. The second-order valence-corrected chi connectivity index (χ2v) is 6.54. The Morgan fingerprint density at radius 1 is 0.903 bits per heavy atom. The number of benzene rings is 1. The first kappa shape index (κ1) is 22.1. The van der Waals surface area contributed by atoms with E-state index in [9.17, 15) is 14.4 Å². The quantitative estimate of drug-likeness (QED) is 0.319. The molecule has 3 rings (SSSR count). The van der Waals surface area contributed by atoms with Gasteiger partial charge in [0.1, 0.15) is 23.6 Å². The van der Waals surface area contributed by atoms with Gasteiger partial charge in [0, 0.05) is 23.1 Å². The summed E-state index contributed by atoms with van der Waals surface area (Å²) in [4.78, 5) is 42.2. The third-order valence-corrected chi connectivity index (χ3v) is 4.46. The number of aryl methyl sites for hydroxylation is 1. The van der Waals surface area contributed by atoms with Gasteiger partial charge in [-0.15, -0.1) is 0 Å². The highest BCUT2D eigenvalue weighted by Crippen LogP contribution is 2.28. The van der Waals surface area contributed by atoms with Crippen molar-refractivity contribution >= 4 is 33.9 Å². The highest BCUT2D eigenvalue weighted by atomic mass is 16.6. The van der Waals surface area contributed by atoms with Crippen molar-refractivity contribution in [3.05, 3.63) is 50.9 Å². The Bertz CT molecular complexity index is 1270. The zero-order chi connectivity index (χ0) is 22.5. The molecule has 0 spiro atoms. The molecule has 164 valence electrons. The fourth-order valence-corrected chi connectivity index (χ4v) is 3.24. The van der Waals surface area contributed by atoms with Crippen LogP contribution in [0.25, 0.3) is 21.9 Å². The molecule has 0 amide bonds. The molecule has 0 bridgehead atoms. The number of nitrogens with zero attached hydrogens (tertiary/aromatic N) is 1. The van der Waals surface area contributed by atoms with E-state index in [-0.39, 0.29) is 35.7 Å². The topological polar surface area (TPSA) is 118 Å². The second kappa shape index (κ2) is 9.46. The molecule has 0 fully saturated rings. The predicted octanol–water partition coefficient (Wildman–Crippen LogP) is 3.31. The van der Waals surface area contributed by atoms with Crippen LogP contribution >= 0.6 is 0 Å². The minimum absolute atomic E-state index is 0.0780. The molecule has 0 radical (unpaired) electrons. The summed E-state index contributed by atoms with van der Waals surface area (Å²) < 4.78 is 21.7. The van der Waals surface area contributed by atoms with Crippen LogP contribution in [-0.4, -0.2) is 32.3 Å². The van der Waals surface area contributed by atoms with Gasteiger partial charge in [0.15, 0.2) is 5.43 Å². The van der Waals surface area contributed by atoms with E-state index in [0.717, 1.165) is 6.07 Å². The van der Waals surface area contributed by atoms with E-state index in [1.807, 2.05) is 6.92 Å². The molecule has 31 heavy (non-hydrogen) atoms. The highest BCUT2D eigenvalue weighted by molar-refractivity contribution is 5.99. The summed E-state index contributed by atoms with van der Waals surface area (Å²) in [6.45, 7) is 5.58. The molecule has 9 heteroatoms. The Morgan fingerprint density at radius 2 is 1.48 bits per heavy atom. The molecular formula is C22H23NO8. The summed E-state index contributed by atoms with van der Waals surface area (Å²) in [6.07, 6.45) is 1.13. The molecule has 0 unspecified atom stereocenters. The SMILES string of the molecule is CCCc1c2oc(C(=O)OCC)cc(=O)c2cc2/c(=N\OC)cc(C(=O)OCC)oc12. The first-order valence-electron chi connectivity index (χ1n) is 9.94. The van der Waals surface area contributed by atoms with Crippen molar-refractivity contribution < 1.29 is 32.7 Å². The number of fused-ring (bicyclic) bond motifs is 2. The number of ether oxygens (including phenoxy) is 2. The Morgan fingerprint density at radius 3 is 2.03 bits per heavy atom. The number of esters is 2. The first-order chi connectivity index (χ1) is 14.9. The van der Waals surface area contributed by atoms with Crippen LogP contribution in [0.1, 0.15) is 53.9 Å². The average molecular weight is 429 g/mol. The predicted molar refractivity (Wildman–Crippen MR) is 111 cm³/mol. The van der Waals surface area contributed by atoms with Gasteiger partial charge in [0.25, 0.3) is 0 Å². The zero-order valence-corrected chi connectivity index (χ0v) is 17.8. The summed E-state index contributed by atoms with van der Waals surface area (Å²) in [5, 5.41) is 4.97. The fraction of sp³-hybridized carbons (Fsp3) is 0.364. The average Bonchev–Trinajstić information content (AvgIpc) is 2.74. The van der Waals surface area contributed by atoms with Gasteiger partial charge in [-0.25, -0.2) is 9.59 Å². The van der Waals surface area contributed by atoms with Crippen LogP contribution in [0.2, 0.25) is 0 Å². The van der Waals surface area contributed by atoms with E-state index in [1.165, 1.54) is 13.2 Å². The van der Waals surface area contributed by atoms with Gasteiger partial charge < -0.3 is 23.1 Å². The molecule has 0 N–H and O–H groups in total. The van der Waals surface area contributed by atoms with Crippen LogP contribution in [-0.2, 0) is 20.7 Å². The maximum atomic E-state index is 12.8. The highest BCUT2D eigenvalue weighted by Gasteiger charge is 2.21. The zero-order valence-electron chi connectivity index (χ0n) is 17.8. The Labute approximate surface area is 177 Å². The van der Waals surface area contributed by atoms with Crippen molar-refractivity contribution in [1.82, 2.24) is 0 Å². The van der Waals surface area contributed by atoms with Gasteiger partial charge in [-0.2, -0.15) is 0 Å². The molecule has 2 heterocycles. The molecule has 1 aromatic carbocycles. The van der Waals surface area contributed by atoms with Crippen molar-refractivity contribution in [2.75, 3.05) is 20.3 Å². The largest absolute Gasteiger partial charge is 0.460 e. The van der Waals surface area contributed by atoms with E-state index in [4.69, 9.17) is 23.1 Å². The van der Waals surface area contributed by atoms with E-state index >= 15 is 0 Å². The van der Waals surface area contributed by atoms with Gasteiger partial charge in [-0.3, -0.25) is 4.79 Å².